The first-order valence-electron chi connectivity index (χ1n) is 6.35. The average molecular weight is 313 g/mol. The van der Waals surface area contributed by atoms with Gasteiger partial charge in [0.25, 0.3) is 0 Å². The fraction of sp³-hybridized carbons (Fsp3) is 0.200. The fourth-order valence-electron chi connectivity index (χ4n) is 2.04. The molecule has 0 fully saturated rings. The molecule has 6 heteroatoms. The molecule has 0 aliphatic rings. The van der Waals surface area contributed by atoms with E-state index in [2.05, 4.69) is 4.90 Å². The third-order valence-electron chi connectivity index (χ3n) is 3.06. The molecule has 106 valence electrons. The minimum atomic E-state index is -4.40. The maximum absolute atomic E-state index is 11.0. The number of hydrogen-bond acceptors (Lipinski definition) is 4. The smallest absolute Gasteiger partial charge is 0.744 e. The Morgan fingerprint density at radius 2 is 1.71 bits per heavy atom. The second-order valence-electron chi connectivity index (χ2n) is 4.45. The Hall–Kier alpha value is -0.850. The van der Waals surface area contributed by atoms with Crippen LogP contribution in [0.1, 0.15) is 12.5 Å². The summed E-state index contributed by atoms with van der Waals surface area (Å²) in [7, 11) is -4.40. The standard InChI is InChI=1S/C15H17NO3S.Na/c1-2-16(14-8-4-3-5-9-14)12-13-7-6-10-15(11-13)20(17,18)19;/h3-11H,2,12H2,1H3,(H,17,18,19);/q;+1/p-1. The molecule has 0 unspecified atom stereocenters. The molecule has 0 saturated carbocycles. The molecule has 21 heavy (non-hydrogen) atoms. The number of anilines is 1. The molecule has 0 bridgehead atoms. The molecule has 0 aliphatic carbocycles. The quantitative estimate of drug-likeness (QED) is 0.558. The Labute approximate surface area is 147 Å². The van der Waals surface area contributed by atoms with Crippen molar-refractivity contribution in [3.63, 3.8) is 0 Å². The molecule has 0 N–H and O–H groups in total. The summed E-state index contributed by atoms with van der Waals surface area (Å²) in [4.78, 5) is 1.93. The maximum atomic E-state index is 11.0. The van der Waals surface area contributed by atoms with Gasteiger partial charge >= 0.3 is 29.6 Å². The van der Waals surface area contributed by atoms with Gasteiger partial charge < -0.3 is 9.45 Å². The van der Waals surface area contributed by atoms with Crippen LogP contribution in [0.15, 0.2) is 59.5 Å². The van der Waals surface area contributed by atoms with E-state index in [0.29, 0.717) is 6.54 Å². The summed E-state index contributed by atoms with van der Waals surface area (Å²) in [6, 6.07) is 16.0. The molecule has 0 aliphatic heterocycles. The molecular weight excluding hydrogens is 297 g/mol. The normalized spacial score (nSPS) is 10.8. The van der Waals surface area contributed by atoms with E-state index in [1.807, 2.05) is 43.3 Å². The van der Waals surface area contributed by atoms with Gasteiger partial charge in [0.1, 0.15) is 10.1 Å². The predicted molar refractivity (Wildman–Crippen MR) is 77.6 cm³/mol. The predicted octanol–water partition coefficient (Wildman–Crippen LogP) is -0.379. The first-order chi connectivity index (χ1) is 9.50. The largest absolute Gasteiger partial charge is 1.00 e. The van der Waals surface area contributed by atoms with Crippen molar-refractivity contribution >= 4 is 15.8 Å². The molecule has 2 aromatic carbocycles. The van der Waals surface area contributed by atoms with Gasteiger partial charge in [0.15, 0.2) is 0 Å². The number of para-hydroxylation sites is 1. The van der Waals surface area contributed by atoms with Crippen LogP contribution in [0.5, 0.6) is 0 Å². The van der Waals surface area contributed by atoms with Gasteiger partial charge in [0.2, 0.25) is 0 Å². The molecular formula is C15H16NNaO3S. The van der Waals surface area contributed by atoms with Gasteiger partial charge in [0, 0.05) is 18.8 Å². The third kappa shape index (κ3) is 5.13. The zero-order chi connectivity index (χ0) is 14.6. The van der Waals surface area contributed by atoms with E-state index >= 15 is 0 Å². The van der Waals surface area contributed by atoms with Crippen molar-refractivity contribution in [3.05, 3.63) is 60.2 Å². The Balaban J connectivity index is 0.00000220. The monoisotopic (exact) mass is 313 g/mol. The van der Waals surface area contributed by atoms with Crippen molar-refractivity contribution in [3.8, 4) is 0 Å². The van der Waals surface area contributed by atoms with Crippen LogP contribution in [0.3, 0.4) is 0 Å². The van der Waals surface area contributed by atoms with Crippen LogP contribution in [0.25, 0.3) is 0 Å². The summed E-state index contributed by atoms with van der Waals surface area (Å²) in [5.41, 5.74) is 1.86. The maximum Gasteiger partial charge on any atom is 1.00 e. The van der Waals surface area contributed by atoms with E-state index in [1.165, 1.54) is 12.1 Å². The van der Waals surface area contributed by atoms with Gasteiger partial charge in [0.05, 0.1) is 4.90 Å². The van der Waals surface area contributed by atoms with Gasteiger partial charge in [-0.15, -0.1) is 0 Å². The first kappa shape index (κ1) is 18.2. The van der Waals surface area contributed by atoms with Crippen LogP contribution < -0.4 is 34.5 Å². The van der Waals surface area contributed by atoms with E-state index in [0.717, 1.165) is 17.8 Å². The van der Waals surface area contributed by atoms with Crippen LogP contribution in [-0.2, 0) is 16.7 Å². The van der Waals surface area contributed by atoms with Crippen molar-refractivity contribution in [2.45, 2.75) is 18.4 Å². The van der Waals surface area contributed by atoms with E-state index in [-0.39, 0.29) is 34.5 Å². The van der Waals surface area contributed by atoms with Crippen LogP contribution in [0.4, 0.5) is 5.69 Å². The van der Waals surface area contributed by atoms with Gasteiger partial charge in [-0.1, -0.05) is 30.3 Å². The fourth-order valence-corrected chi connectivity index (χ4v) is 2.59. The zero-order valence-electron chi connectivity index (χ0n) is 12.2. The molecule has 0 atom stereocenters. The number of rotatable bonds is 5. The summed E-state index contributed by atoms with van der Waals surface area (Å²) in [6.07, 6.45) is 0. The molecule has 0 saturated heterocycles. The topological polar surface area (TPSA) is 60.4 Å². The van der Waals surface area contributed by atoms with E-state index in [1.54, 1.807) is 6.07 Å². The van der Waals surface area contributed by atoms with Crippen molar-refractivity contribution in [1.82, 2.24) is 0 Å². The van der Waals surface area contributed by atoms with Crippen LogP contribution in [0.2, 0.25) is 0 Å². The summed E-state index contributed by atoms with van der Waals surface area (Å²) >= 11 is 0. The number of benzene rings is 2. The van der Waals surface area contributed by atoms with Crippen LogP contribution in [-0.4, -0.2) is 19.5 Å². The van der Waals surface area contributed by atoms with Crippen molar-refractivity contribution in [2.75, 3.05) is 11.4 Å². The minimum Gasteiger partial charge on any atom is -0.744 e. The molecule has 0 amide bonds. The summed E-state index contributed by atoms with van der Waals surface area (Å²) in [5, 5.41) is 0. The van der Waals surface area contributed by atoms with Gasteiger partial charge in [-0.05, 0) is 36.8 Å². The molecule has 0 radical (unpaired) electrons. The summed E-state index contributed by atoms with van der Waals surface area (Å²) < 4.78 is 33.1. The minimum absolute atomic E-state index is 0. The molecule has 0 spiro atoms. The average Bonchev–Trinajstić information content (AvgIpc) is 2.45. The van der Waals surface area contributed by atoms with Crippen LogP contribution >= 0.6 is 0 Å². The molecule has 4 nitrogen and oxygen atoms in total. The molecule has 0 heterocycles. The molecule has 2 aromatic rings. The first-order valence-corrected chi connectivity index (χ1v) is 7.76. The Morgan fingerprint density at radius 3 is 2.29 bits per heavy atom. The summed E-state index contributed by atoms with van der Waals surface area (Å²) in [6.45, 7) is 3.38. The van der Waals surface area contributed by atoms with Crippen molar-refractivity contribution in [1.29, 1.82) is 0 Å². The Morgan fingerprint density at radius 1 is 1.05 bits per heavy atom. The molecule has 2 rings (SSSR count). The zero-order valence-corrected chi connectivity index (χ0v) is 15.0. The Bertz CT molecular complexity index is 674. The third-order valence-corrected chi connectivity index (χ3v) is 3.89. The summed E-state index contributed by atoms with van der Waals surface area (Å²) in [5.74, 6) is 0. The number of hydrogen-bond donors (Lipinski definition) is 0. The molecule has 0 aromatic heterocycles. The Kier molecular flexibility index (Phi) is 6.90. The second-order valence-corrected chi connectivity index (χ2v) is 5.83. The van der Waals surface area contributed by atoms with E-state index in [9.17, 15) is 13.0 Å². The van der Waals surface area contributed by atoms with Gasteiger partial charge in [-0.3, -0.25) is 0 Å². The SMILES string of the molecule is CCN(Cc1cccc(S(=O)(=O)[O-])c1)c1ccccc1.[Na+]. The van der Waals surface area contributed by atoms with E-state index < -0.39 is 10.1 Å². The van der Waals surface area contributed by atoms with E-state index in [4.69, 9.17) is 0 Å². The van der Waals surface area contributed by atoms with Gasteiger partial charge in [-0.2, -0.15) is 0 Å². The van der Waals surface area contributed by atoms with Crippen molar-refractivity contribution < 1.29 is 42.5 Å². The number of nitrogens with zero attached hydrogens (tertiary/aromatic N) is 1. The second kappa shape index (κ2) is 7.96. The van der Waals surface area contributed by atoms with Crippen LogP contribution in [0, 0.1) is 0 Å². The van der Waals surface area contributed by atoms with Crippen molar-refractivity contribution in [2.24, 2.45) is 0 Å². The van der Waals surface area contributed by atoms with Gasteiger partial charge in [-0.25, -0.2) is 8.42 Å².